The third kappa shape index (κ3) is 1.19. The molecule has 0 aromatic heterocycles. The molecule has 0 aromatic rings. The van der Waals surface area contributed by atoms with E-state index in [1.54, 1.807) is 0 Å². The van der Waals surface area contributed by atoms with Crippen LogP contribution in [0.15, 0.2) is 0 Å². The largest absolute Gasteiger partial charge is 0.198 e. The molecule has 2 aliphatic rings. The van der Waals surface area contributed by atoms with Crippen molar-refractivity contribution < 1.29 is 0 Å². The SMILES string of the molecule is CC1(C#N)CCCC12CCCCC2. The molecule has 2 aliphatic carbocycles. The van der Waals surface area contributed by atoms with Crippen molar-refractivity contribution in [3.05, 3.63) is 0 Å². The lowest BCUT2D eigenvalue weighted by Crippen LogP contribution is -2.35. The Kier molecular flexibility index (Phi) is 2.10. The first-order chi connectivity index (χ1) is 6.22. The van der Waals surface area contributed by atoms with Gasteiger partial charge in [-0.05, 0) is 38.0 Å². The monoisotopic (exact) mass is 177 g/mol. The Bertz CT molecular complexity index is 232. The first-order valence-electron chi connectivity index (χ1n) is 5.64. The average Bonchev–Trinajstić information content (AvgIpc) is 2.47. The van der Waals surface area contributed by atoms with E-state index in [0.29, 0.717) is 5.41 Å². The molecule has 2 rings (SSSR count). The zero-order chi connectivity index (χ0) is 9.36. The number of nitriles is 1. The molecule has 0 radical (unpaired) electrons. The first-order valence-corrected chi connectivity index (χ1v) is 5.64. The minimum atomic E-state index is 0.00736. The molecule has 0 saturated heterocycles. The predicted molar refractivity (Wildman–Crippen MR) is 53.1 cm³/mol. The van der Waals surface area contributed by atoms with Crippen molar-refractivity contribution in [2.75, 3.05) is 0 Å². The normalized spacial score (nSPS) is 37.5. The Hall–Kier alpha value is -0.510. The highest BCUT2D eigenvalue weighted by Gasteiger charge is 2.51. The molecule has 0 heterocycles. The summed E-state index contributed by atoms with van der Waals surface area (Å²) < 4.78 is 0. The molecule has 13 heavy (non-hydrogen) atoms. The van der Waals surface area contributed by atoms with E-state index in [1.165, 1.54) is 44.9 Å². The highest BCUT2D eigenvalue weighted by Crippen LogP contribution is 2.59. The van der Waals surface area contributed by atoms with Crippen molar-refractivity contribution in [3.63, 3.8) is 0 Å². The van der Waals surface area contributed by atoms with E-state index in [9.17, 15) is 5.26 Å². The molecule has 0 bridgehead atoms. The molecule has 0 amide bonds. The maximum absolute atomic E-state index is 9.29. The standard InChI is InChI=1S/C12H19N/c1-11(10-13)6-5-9-12(11)7-3-2-4-8-12/h2-9H2,1H3. The Labute approximate surface area is 81.1 Å². The summed E-state index contributed by atoms with van der Waals surface area (Å²) in [6.45, 7) is 2.20. The van der Waals surface area contributed by atoms with Crippen LogP contribution < -0.4 is 0 Å². The molecule has 0 aromatic carbocycles. The van der Waals surface area contributed by atoms with Crippen LogP contribution in [-0.2, 0) is 0 Å². The van der Waals surface area contributed by atoms with E-state index < -0.39 is 0 Å². The molecule has 1 unspecified atom stereocenters. The number of hydrogen-bond donors (Lipinski definition) is 0. The zero-order valence-electron chi connectivity index (χ0n) is 8.60. The molecular formula is C12H19N. The van der Waals surface area contributed by atoms with Crippen LogP contribution in [0.2, 0.25) is 0 Å². The van der Waals surface area contributed by atoms with Crippen LogP contribution in [0.1, 0.15) is 58.3 Å². The van der Waals surface area contributed by atoms with E-state index in [4.69, 9.17) is 0 Å². The van der Waals surface area contributed by atoms with Gasteiger partial charge in [-0.3, -0.25) is 0 Å². The minimum absolute atomic E-state index is 0.00736. The second-order valence-corrected chi connectivity index (χ2v) is 5.14. The van der Waals surface area contributed by atoms with Gasteiger partial charge in [0.1, 0.15) is 0 Å². The van der Waals surface area contributed by atoms with Gasteiger partial charge >= 0.3 is 0 Å². The maximum Gasteiger partial charge on any atom is 0.0692 e. The first kappa shape index (κ1) is 9.06. The van der Waals surface area contributed by atoms with E-state index in [0.717, 1.165) is 6.42 Å². The summed E-state index contributed by atoms with van der Waals surface area (Å²) in [5.41, 5.74) is 0.424. The van der Waals surface area contributed by atoms with Gasteiger partial charge in [0.05, 0.1) is 11.5 Å². The fourth-order valence-corrected chi connectivity index (χ4v) is 3.53. The van der Waals surface area contributed by atoms with Crippen LogP contribution >= 0.6 is 0 Å². The van der Waals surface area contributed by atoms with Gasteiger partial charge in [0.15, 0.2) is 0 Å². The van der Waals surface area contributed by atoms with Crippen molar-refractivity contribution in [1.29, 1.82) is 5.26 Å². The lowest BCUT2D eigenvalue weighted by molar-refractivity contribution is 0.0890. The van der Waals surface area contributed by atoms with E-state index in [-0.39, 0.29) is 5.41 Å². The van der Waals surface area contributed by atoms with Gasteiger partial charge in [-0.25, -0.2) is 0 Å². The molecule has 1 nitrogen and oxygen atoms in total. The molecule has 1 atom stereocenters. The number of hydrogen-bond acceptors (Lipinski definition) is 1. The fourth-order valence-electron chi connectivity index (χ4n) is 3.53. The van der Waals surface area contributed by atoms with Gasteiger partial charge in [0.25, 0.3) is 0 Å². The van der Waals surface area contributed by atoms with Crippen molar-refractivity contribution in [1.82, 2.24) is 0 Å². The minimum Gasteiger partial charge on any atom is -0.198 e. The highest BCUT2D eigenvalue weighted by atomic mass is 14.6. The van der Waals surface area contributed by atoms with Gasteiger partial charge in [-0.15, -0.1) is 0 Å². The molecular weight excluding hydrogens is 158 g/mol. The predicted octanol–water partition coefficient (Wildman–Crippen LogP) is 3.65. The Balaban J connectivity index is 2.25. The summed E-state index contributed by atoms with van der Waals surface area (Å²) in [5, 5.41) is 9.29. The van der Waals surface area contributed by atoms with Crippen LogP contribution in [0, 0.1) is 22.2 Å². The highest BCUT2D eigenvalue weighted by molar-refractivity contribution is 5.12. The van der Waals surface area contributed by atoms with Gasteiger partial charge in [-0.2, -0.15) is 5.26 Å². The van der Waals surface area contributed by atoms with Crippen LogP contribution in [0.3, 0.4) is 0 Å². The van der Waals surface area contributed by atoms with Crippen LogP contribution in [0.4, 0.5) is 0 Å². The maximum atomic E-state index is 9.29. The lowest BCUT2D eigenvalue weighted by atomic mass is 9.60. The van der Waals surface area contributed by atoms with Crippen molar-refractivity contribution in [2.24, 2.45) is 10.8 Å². The van der Waals surface area contributed by atoms with Gasteiger partial charge < -0.3 is 0 Å². The summed E-state index contributed by atoms with van der Waals surface area (Å²) in [6, 6.07) is 2.60. The van der Waals surface area contributed by atoms with Crippen molar-refractivity contribution >= 4 is 0 Å². The summed E-state index contributed by atoms with van der Waals surface area (Å²) in [6.07, 6.45) is 10.5. The van der Waals surface area contributed by atoms with Crippen molar-refractivity contribution in [3.8, 4) is 6.07 Å². The Morgan fingerprint density at radius 1 is 0.923 bits per heavy atom. The van der Waals surface area contributed by atoms with E-state index in [2.05, 4.69) is 13.0 Å². The summed E-state index contributed by atoms with van der Waals surface area (Å²) in [7, 11) is 0. The molecule has 1 heteroatoms. The number of nitrogens with zero attached hydrogens (tertiary/aromatic N) is 1. The van der Waals surface area contributed by atoms with Crippen molar-refractivity contribution in [2.45, 2.75) is 58.3 Å². The van der Waals surface area contributed by atoms with E-state index in [1.807, 2.05) is 0 Å². The smallest absolute Gasteiger partial charge is 0.0692 e. The third-order valence-electron chi connectivity index (χ3n) is 4.56. The fraction of sp³-hybridized carbons (Fsp3) is 0.917. The van der Waals surface area contributed by atoms with Gasteiger partial charge in [0, 0.05) is 0 Å². The third-order valence-corrected chi connectivity index (χ3v) is 4.56. The van der Waals surface area contributed by atoms with Crippen LogP contribution in [0.25, 0.3) is 0 Å². The van der Waals surface area contributed by atoms with Crippen LogP contribution in [-0.4, -0.2) is 0 Å². The molecule has 0 N–H and O–H groups in total. The molecule has 1 spiro atoms. The summed E-state index contributed by atoms with van der Waals surface area (Å²) in [4.78, 5) is 0. The second-order valence-electron chi connectivity index (χ2n) is 5.14. The Morgan fingerprint density at radius 2 is 1.54 bits per heavy atom. The summed E-state index contributed by atoms with van der Waals surface area (Å²) in [5.74, 6) is 0. The Morgan fingerprint density at radius 3 is 2.15 bits per heavy atom. The van der Waals surface area contributed by atoms with Crippen LogP contribution in [0.5, 0.6) is 0 Å². The average molecular weight is 177 g/mol. The van der Waals surface area contributed by atoms with Gasteiger partial charge in [0.2, 0.25) is 0 Å². The van der Waals surface area contributed by atoms with Gasteiger partial charge in [-0.1, -0.05) is 25.7 Å². The zero-order valence-corrected chi connectivity index (χ0v) is 8.60. The topological polar surface area (TPSA) is 23.8 Å². The van der Waals surface area contributed by atoms with E-state index >= 15 is 0 Å². The molecule has 72 valence electrons. The lowest BCUT2D eigenvalue weighted by Gasteiger charge is -2.42. The molecule has 0 aliphatic heterocycles. The number of rotatable bonds is 0. The summed E-state index contributed by atoms with van der Waals surface area (Å²) >= 11 is 0. The quantitative estimate of drug-likeness (QED) is 0.554. The molecule has 2 saturated carbocycles. The molecule has 2 fully saturated rings. The second kappa shape index (κ2) is 3.01.